The van der Waals surface area contributed by atoms with E-state index in [9.17, 15) is 9.59 Å². The summed E-state index contributed by atoms with van der Waals surface area (Å²) in [5.41, 5.74) is 2.02. The first-order chi connectivity index (χ1) is 13.2. The Morgan fingerprint density at radius 1 is 1.21 bits per heavy atom. The van der Waals surface area contributed by atoms with E-state index in [-0.39, 0.29) is 5.91 Å². The summed E-state index contributed by atoms with van der Waals surface area (Å²) in [6.07, 6.45) is 1.55. The van der Waals surface area contributed by atoms with Crippen LogP contribution in [0.15, 0.2) is 47.8 Å². The molecule has 0 unspecified atom stereocenters. The molecule has 0 aliphatic rings. The van der Waals surface area contributed by atoms with Crippen molar-refractivity contribution in [3.05, 3.63) is 53.3 Å². The standard InChI is InChI=1S/C20H20ClN3O3S/c1-12-8-9-15(14-7-5-4-6-13(12)14)24-16(21)10-23-19(24)28-20(2,3)18(27)22-11-17(25)26/h4-10H,11H2,1-3H3,(H,22,27)(H,25,26). The molecule has 0 spiro atoms. The second-order valence-corrected chi connectivity index (χ2v) is 8.81. The fraction of sp³-hybridized carbons (Fsp3) is 0.250. The van der Waals surface area contributed by atoms with E-state index < -0.39 is 17.3 Å². The van der Waals surface area contributed by atoms with E-state index in [4.69, 9.17) is 16.7 Å². The lowest BCUT2D eigenvalue weighted by molar-refractivity contribution is -0.138. The molecule has 2 N–H and O–H groups in total. The number of nitrogens with zero attached hydrogens (tertiary/aromatic N) is 2. The normalized spacial score (nSPS) is 11.6. The van der Waals surface area contributed by atoms with Crippen molar-refractivity contribution in [2.75, 3.05) is 6.54 Å². The van der Waals surface area contributed by atoms with Crippen molar-refractivity contribution < 1.29 is 14.7 Å². The van der Waals surface area contributed by atoms with Crippen molar-refractivity contribution in [3.63, 3.8) is 0 Å². The van der Waals surface area contributed by atoms with Gasteiger partial charge in [-0.3, -0.25) is 14.2 Å². The van der Waals surface area contributed by atoms with Crippen LogP contribution in [0.4, 0.5) is 0 Å². The number of benzene rings is 2. The van der Waals surface area contributed by atoms with Crippen LogP contribution in [0.2, 0.25) is 5.15 Å². The van der Waals surface area contributed by atoms with Gasteiger partial charge in [-0.15, -0.1) is 0 Å². The third-order valence-corrected chi connectivity index (χ3v) is 5.77. The van der Waals surface area contributed by atoms with E-state index in [1.807, 2.05) is 37.3 Å². The van der Waals surface area contributed by atoms with Gasteiger partial charge in [0.05, 0.1) is 16.6 Å². The monoisotopic (exact) mass is 417 g/mol. The fourth-order valence-corrected chi connectivity index (χ4v) is 4.16. The molecule has 3 aromatic rings. The molecule has 0 saturated heterocycles. The van der Waals surface area contributed by atoms with Gasteiger partial charge in [0.2, 0.25) is 5.91 Å². The molecular weight excluding hydrogens is 398 g/mol. The molecule has 28 heavy (non-hydrogen) atoms. The highest BCUT2D eigenvalue weighted by Gasteiger charge is 2.32. The van der Waals surface area contributed by atoms with Crippen molar-refractivity contribution in [2.24, 2.45) is 0 Å². The summed E-state index contributed by atoms with van der Waals surface area (Å²) < 4.78 is 0.864. The molecule has 0 saturated carbocycles. The van der Waals surface area contributed by atoms with Crippen molar-refractivity contribution in [3.8, 4) is 5.69 Å². The summed E-state index contributed by atoms with van der Waals surface area (Å²) in [6.45, 7) is 5.05. The second-order valence-electron chi connectivity index (χ2n) is 6.83. The molecule has 1 aromatic heterocycles. The Balaban J connectivity index is 2.01. The van der Waals surface area contributed by atoms with E-state index in [2.05, 4.69) is 16.4 Å². The van der Waals surface area contributed by atoms with E-state index in [1.54, 1.807) is 24.6 Å². The minimum absolute atomic E-state index is 0.390. The molecule has 146 valence electrons. The summed E-state index contributed by atoms with van der Waals surface area (Å²) in [7, 11) is 0. The number of carboxylic acids is 1. The summed E-state index contributed by atoms with van der Waals surface area (Å²) in [5, 5.41) is 14.3. The Bertz CT molecular complexity index is 1060. The lowest BCUT2D eigenvalue weighted by Crippen LogP contribution is -2.42. The third-order valence-electron chi connectivity index (χ3n) is 4.34. The highest BCUT2D eigenvalue weighted by Crippen LogP contribution is 2.37. The largest absolute Gasteiger partial charge is 0.480 e. The Labute approximate surface area is 171 Å². The van der Waals surface area contributed by atoms with E-state index >= 15 is 0 Å². The van der Waals surface area contributed by atoms with Crippen molar-refractivity contribution >= 4 is 46.0 Å². The number of imidazole rings is 1. The molecule has 0 radical (unpaired) electrons. The maximum Gasteiger partial charge on any atom is 0.322 e. The van der Waals surface area contributed by atoms with Crippen LogP contribution in [0, 0.1) is 6.92 Å². The minimum atomic E-state index is -1.09. The zero-order chi connectivity index (χ0) is 20.5. The molecule has 0 aliphatic heterocycles. The molecule has 0 fully saturated rings. The van der Waals surface area contributed by atoms with Gasteiger partial charge < -0.3 is 10.4 Å². The number of amides is 1. The van der Waals surface area contributed by atoms with Gasteiger partial charge in [-0.05, 0) is 37.8 Å². The number of carboxylic acid groups (broad SMARTS) is 1. The van der Waals surface area contributed by atoms with E-state index in [0.29, 0.717) is 10.3 Å². The van der Waals surface area contributed by atoms with Gasteiger partial charge in [0, 0.05) is 5.39 Å². The van der Waals surface area contributed by atoms with Crippen LogP contribution in [-0.4, -0.2) is 37.8 Å². The second kappa shape index (κ2) is 7.85. The van der Waals surface area contributed by atoms with E-state index in [1.165, 1.54) is 11.8 Å². The van der Waals surface area contributed by atoms with Crippen LogP contribution in [0.1, 0.15) is 19.4 Å². The maximum absolute atomic E-state index is 12.4. The average Bonchev–Trinajstić information content (AvgIpc) is 3.00. The zero-order valence-corrected chi connectivity index (χ0v) is 17.3. The number of thioether (sulfide) groups is 1. The first-order valence-electron chi connectivity index (χ1n) is 8.62. The lowest BCUT2D eigenvalue weighted by Gasteiger charge is -2.23. The van der Waals surface area contributed by atoms with Gasteiger partial charge in [-0.1, -0.05) is 53.7 Å². The number of aromatic nitrogens is 2. The van der Waals surface area contributed by atoms with Crippen LogP contribution in [0.5, 0.6) is 0 Å². The number of fused-ring (bicyclic) bond motifs is 1. The third kappa shape index (κ3) is 4.00. The molecule has 6 nitrogen and oxygen atoms in total. The van der Waals surface area contributed by atoms with Crippen LogP contribution in [0.3, 0.4) is 0 Å². The number of rotatable bonds is 6. The molecule has 1 amide bonds. The van der Waals surface area contributed by atoms with E-state index in [0.717, 1.165) is 22.0 Å². The number of halogens is 1. The van der Waals surface area contributed by atoms with Gasteiger partial charge in [0.25, 0.3) is 0 Å². The smallest absolute Gasteiger partial charge is 0.322 e. The summed E-state index contributed by atoms with van der Waals surface area (Å²) >= 11 is 7.66. The molecule has 1 heterocycles. The predicted molar refractivity (Wildman–Crippen MR) is 111 cm³/mol. The Morgan fingerprint density at radius 2 is 1.89 bits per heavy atom. The highest BCUT2D eigenvalue weighted by atomic mass is 35.5. The molecule has 3 rings (SSSR count). The molecule has 8 heteroatoms. The number of aryl methyl sites for hydroxylation is 1. The van der Waals surface area contributed by atoms with Crippen LogP contribution >= 0.6 is 23.4 Å². The first kappa shape index (κ1) is 20.2. The predicted octanol–water partition coefficient (Wildman–Crippen LogP) is 4.06. The van der Waals surface area contributed by atoms with Gasteiger partial charge in [0.1, 0.15) is 11.7 Å². The number of aliphatic carboxylic acids is 1. The maximum atomic E-state index is 12.4. The molecule has 0 bridgehead atoms. The first-order valence-corrected chi connectivity index (χ1v) is 9.81. The van der Waals surface area contributed by atoms with Crippen LogP contribution in [-0.2, 0) is 9.59 Å². The van der Waals surface area contributed by atoms with Crippen molar-refractivity contribution in [1.29, 1.82) is 0 Å². The fourth-order valence-electron chi connectivity index (χ4n) is 2.88. The van der Waals surface area contributed by atoms with Gasteiger partial charge in [0.15, 0.2) is 5.16 Å². The Hall–Kier alpha value is -2.51. The quantitative estimate of drug-likeness (QED) is 0.591. The average molecular weight is 418 g/mol. The summed E-state index contributed by atoms with van der Waals surface area (Å²) in [5.74, 6) is -1.48. The number of hydrogen-bond donors (Lipinski definition) is 2. The highest BCUT2D eigenvalue weighted by molar-refractivity contribution is 8.01. The van der Waals surface area contributed by atoms with Crippen molar-refractivity contribution in [2.45, 2.75) is 30.7 Å². The SMILES string of the molecule is Cc1ccc(-n2c(Cl)cnc2SC(C)(C)C(=O)NCC(=O)O)c2ccccc12. The van der Waals surface area contributed by atoms with Crippen LogP contribution < -0.4 is 5.32 Å². The lowest BCUT2D eigenvalue weighted by atomic mass is 10.0. The zero-order valence-electron chi connectivity index (χ0n) is 15.7. The topological polar surface area (TPSA) is 84.2 Å². The van der Waals surface area contributed by atoms with Gasteiger partial charge >= 0.3 is 5.97 Å². The van der Waals surface area contributed by atoms with Crippen molar-refractivity contribution in [1.82, 2.24) is 14.9 Å². The Morgan fingerprint density at radius 3 is 2.57 bits per heavy atom. The Kier molecular flexibility index (Phi) is 5.67. The number of carbonyl (C=O) groups excluding carboxylic acids is 1. The minimum Gasteiger partial charge on any atom is -0.480 e. The molecule has 2 aromatic carbocycles. The summed E-state index contributed by atoms with van der Waals surface area (Å²) in [6, 6.07) is 12.0. The van der Waals surface area contributed by atoms with Gasteiger partial charge in [-0.25, -0.2) is 4.98 Å². The number of hydrogen-bond acceptors (Lipinski definition) is 4. The molecular formula is C20H20ClN3O3S. The number of carbonyl (C=O) groups is 2. The molecule has 0 atom stereocenters. The summed E-state index contributed by atoms with van der Waals surface area (Å²) in [4.78, 5) is 27.5. The number of nitrogens with one attached hydrogen (secondary N) is 1. The van der Waals surface area contributed by atoms with Crippen LogP contribution in [0.25, 0.3) is 16.5 Å². The molecule has 0 aliphatic carbocycles. The van der Waals surface area contributed by atoms with Gasteiger partial charge in [-0.2, -0.15) is 0 Å².